The molecule has 1 unspecified atom stereocenters. The van der Waals surface area contributed by atoms with Crippen molar-refractivity contribution >= 4 is 28.7 Å². The van der Waals surface area contributed by atoms with Crippen LogP contribution in [0.5, 0.6) is 0 Å². The zero-order valence-electron chi connectivity index (χ0n) is 10.9. The van der Waals surface area contributed by atoms with Crippen molar-refractivity contribution in [2.24, 2.45) is 0 Å². The van der Waals surface area contributed by atoms with Crippen LogP contribution >= 0.6 is 11.3 Å². The summed E-state index contributed by atoms with van der Waals surface area (Å²) in [5.41, 5.74) is -0.499. The fourth-order valence-corrected chi connectivity index (χ4v) is 2.59. The first-order valence-electron chi connectivity index (χ1n) is 5.90. The van der Waals surface area contributed by atoms with Gasteiger partial charge in [-0.25, -0.2) is 9.18 Å². The van der Waals surface area contributed by atoms with Crippen LogP contribution in [0, 0.1) is 15.9 Å². The van der Waals surface area contributed by atoms with Crippen LogP contribution in [0.2, 0.25) is 0 Å². The number of carboxylic acids is 1. The topological polar surface area (TPSA) is 92.5 Å². The average molecular weight is 310 g/mol. The summed E-state index contributed by atoms with van der Waals surface area (Å²) in [6.07, 6.45) is 0. The van der Waals surface area contributed by atoms with E-state index in [4.69, 9.17) is 5.11 Å². The SMILES string of the molecule is CC(Nc1cc(C(=O)O)c([N+](=O)[O-])cc1F)c1ccsc1. The Kier molecular flexibility index (Phi) is 4.18. The number of nitrogens with one attached hydrogen (secondary N) is 1. The van der Waals surface area contributed by atoms with E-state index >= 15 is 0 Å². The van der Waals surface area contributed by atoms with Gasteiger partial charge < -0.3 is 10.4 Å². The van der Waals surface area contributed by atoms with Crippen molar-refractivity contribution in [3.8, 4) is 0 Å². The standard InChI is InChI=1S/C13H11FN2O4S/c1-7(8-2-3-21-6-8)15-11-4-9(13(17)18)12(16(19)20)5-10(11)14/h2-7,15H,1H3,(H,17,18). The number of hydrogen-bond acceptors (Lipinski definition) is 5. The van der Waals surface area contributed by atoms with E-state index in [2.05, 4.69) is 5.32 Å². The van der Waals surface area contributed by atoms with Crippen LogP contribution < -0.4 is 5.32 Å². The van der Waals surface area contributed by atoms with Crippen LogP contribution in [-0.2, 0) is 0 Å². The van der Waals surface area contributed by atoms with E-state index in [1.54, 1.807) is 6.92 Å². The third-order valence-corrected chi connectivity index (χ3v) is 3.63. The third kappa shape index (κ3) is 3.16. The summed E-state index contributed by atoms with van der Waals surface area (Å²) in [5, 5.41) is 26.3. The molecule has 8 heteroatoms. The lowest BCUT2D eigenvalue weighted by Crippen LogP contribution is -2.10. The van der Waals surface area contributed by atoms with Crippen LogP contribution in [-0.4, -0.2) is 16.0 Å². The summed E-state index contributed by atoms with van der Waals surface area (Å²) >= 11 is 1.48. The third-order valence-electron chi connectivity index (χ3n) is 2.93. The Morgan fingerprint density at radius 2 is 2.24 bits per heavy atom. The van der Waals surface area contributed by atoms with Gasteiger partial charge in [-0.1, -0.05) is 0 Å². The minimum atomic E-state index is -1.48. The Hall–Kier alpha value is -2.48. The highest BCUT2D eigenvalue weighted by Gasteiger charge is 2.23. The number of nitrogens with zero attached hydrogens (tertiary/aromatic N) is 1. The summed E-state index contributed by atoms with van der Waals surface area (Å²) in [4.78, 5) is 20.9. The Labute approximate surface area is 123 Å². The van der Waals surface area contributed by atoms with Gasteiger partial charge in [-0.3, -0.25) is 10.1 Å². The lowest BCUT2D eigenvalue weighted by atomic mass is 10.1. The molecule has 0 saturated carbocycles. The van der Waals surface area contributed by atoms with E-state index in [1.807, 2.05) is 16.8 Å². The monoisotopic (exact) mass is 310 g/mol. The van der Waals surface area contributed by atoms with E-state index < -0.39 is 28.0 Å². The number of anilines is 1. The number of aromatic carboxylic acids is 1. The average Bonchev–Trinajstić information content (AvgIpc) is 2.94. The van der Waals surface area contributed by atoms with Gasteiger partial charge in [0, 0.05) is 6.04 Å². The summed E-state index contributed by atoms with van der Waals surface area (Å²) in [5.74, 6) is -2.35. The van der Waals surface area contributed by atoms with Crippen molar-refractivity contribution in [2.45, 2.75) is 13.0 Å². The first kappa shape index (κ1) is 14.9. The quantitative estimate of drug-likeness (QED) is 0.649. The first-order valence-corrected chi connectivity index (χ1v) is 6.84. The minimum Gasteiger partial charge on any atom is -0.477 e. The molecule has 0 bridgehead atoms. The lowest BCUT2D eigenvalue weighted by molar-refractivity contribution is -0.385. The maximum atomic E-state index is 13.9. The number of hydrogen-bond donors (Lipinski definition) is 2. The molecule has 1 atom stereocenters. The molecule has 0 aliphatic carbocycles. The maximum absolute atomic E-state index is 13.9. The number of carboxylic acid groups (broad SMARTS) is 1. The van der Waals surface area contributed by atoms with Gasteiger partial charge in [0.25, 0.3) is 5.69 Å². The van der Waals surface area contributed by atoms with E-state index in [9.17, 15) is 19.3 Å². The molecule has 0 spiro atoms. The largest absolute Gasteiger partial charge is 0.477 e. The fourth-order valence-electron chi connectivity index (χ4n) is 1.83. The number of thiophene rings is 1. The molecular formula is C13H11FN2O4S. The predicted molar refractivity (Wildman–Crippen MR) is 76.4 cm³/mol. The van der Waals surface area contributed by atoms with Gasteiger partial charge in [-0.15, -0.1) is 0 Å². The van der Waals surface area contributed by atoms with Gasteiger partial charge in [0.15, 0.2) is 5.82 Å². The molecule has 1 heterocycles. The Morgan fingerprint density at radius 3 is 2.76 bits per heavy atom. The zero-order chi connectivity index (χ0) is 15.6. The van der Waals surface area contributed by atoms with Gasteiger partial charge in [0.1, 0.15) is 5.56 Å². The number of nitro benzene ring substituents is 1. The molecule has 21 heavy (non-hydrogen) atoms. The Bertz CT molecular complexity index is 688. The molecule has 1 aromatic carbocycles. The van der Waals surface area contributed by atoms with Crippen LogP contribution in [0.3, 0.4) is 0 Å². The number of carbonyl (C=O) groups is 1. The molecule has 2 aromatic rings. The fraction of sp³-hybridized carbons (Fsp3) is 0.154. The van der Waals surface area contributed by atoms with Crippen molar-refractivity contribution in [2.75, 3.05) is 5.32 Å². The second kappa shape index (κ2) is 5.88. The van der Waals surface area contributed by atoms with E-state index in [-0.39, 0.29) is 11.7 Å². The normalized spacial score (nSPS) is 11.9. The van der Waals surface area contributed by atoms with E-state index in [1.165, 1.54) is 11.3 Å². The maximum Gasteiger partial charge on any atom is 0.342 e. The second-order valence-electron chi connectivity index (χ2n) is 4.33. The molecular weight excluding hydrogens is 299 g/mol. The second-order valence-corrected chi connectivity index (χ2v) is 5.11. The van der Waals surface area contributed by atoms with Crippen molar-refractivity contribution in [1.82, 2.24) is 0 Å². The van der Waals surface area contributed by atoms with Crippen molar-refractivity contribution in [3.63, 3.8) is 0 Å². The zero-order valence-corrected chi connectivity index (χ0v) is 11.7. The van der Waals surface area contributed by atoms with Crippen molar-refractivity contribution in [3.05, 3.63) is 56.0 Å². The van der Waals surface area contributed by atoms with Crippen LogP contribution in [0.25, 0.3) is 0 Å². The summed E-state index contributed by atoms with van der Waals surface area (Å²) in [7, 11) is 0. The van der Waals surface area contributed by atoms with E-state index in [0.29, 0.717) is 6.07 Å². The molecule has 2 N–H and O–H groups in total. The molecule has 6 nitrogen and oxygen atoms in total. The molecule has 0 amide bonds. The molecule has 1 aromatic heterocycles. The minimum absolute atomic E-state index is 0.0864. The Morgan fingerprint density at radius 1 is 1.52 bits per heavy atom. The molecule has 0 radical (unpaired) electrons. The summed E-state index contributed by atoms with van der Waals surface area (Å²) in [6, 6.07) is 3.16. The number of rotatable bonds is 5. The smallest absolute Gasteiger partial charge is 0.342 e. The Balaban J connectivity index is 2.38. The van der Waals surface area contributed by atoms with E-state index in [0.717, 1.165) is 11.6 Å². The molecule has 0 fully saturated rings. The predicted octanol–water partition coefficient (Wildman–Crippen LogP) is 3.67. The highest BCUT2D eigenvalue weighted by atomic mass is 32.1. The van der Waals surface area contributed by atoms with Gasteiger partial charge in [-0.05, 0) is 35.4 Å². The molecule has 0 aliphatic heterocycles. The molecule has 0 saturated heterocycles. The highest BCUT2D eigenvalue weighted by Crippen LogP contribution is 2.29. The first-order chi connectivity index (χ1) is 9.90. The molecule has 110 valence electrons. The summed E-state index contributed by atoms with van der Waals surface area (Å²) < 4.78 is 13.9. The number of benzene rings is 1. The number of nitro groups is 1. The molecule has 2 rings (SSSR count). The van der Waals surface area contributed by atoms with Crippen molar-refractivity contribution in [1.29, 1.82) is 0 Å². The van der Waals surface area contributed by atoms with Crippen molar-refractivity contribution < 1.29 is 19.2 Å². The van der Waals surface area contributed by atoms with Gasteiger partial charge >= 0.3 is 5.97 Å². The highest BCUT2D eigenvalue weighted by molar-refractivity contribution is 7.07. The lowest BCUT2D eigenvalue weighted by Gasteiger charge is -2.15. The summed E-state index contributed by atoms with van der Waals surface area (Å²) in [6.45, 7) is 1.78. The van der Waals surface area contributed by atoms with Gasteiger partial charge in [0.2, 0.25) is 0 Å². The van der Waals surface area contributed by atoms with Gasteiger partial charge in [-0.2, -0.15) is 11.3 Å². The van der Waals surface area contributed by atoms with Crippen LogP contribution in [0.1, 0.15) is 28.9 Å². The number of halogens is 1. The molecule has 0 aliphatic rings. The van der Waals surface area contributed by atoms with Crippen LogP contribution in [0.4, 0.5) is 15.8 Å². The van der Waals surface area contributed by atoms with Crippen LogP contribution in [0.15, 0.2) is 29.0 Å². The van der Waals surface area contributed by atoms with Gasteiger partial charge in [0.05, 0.1) is 16.7 Å².